The molecule has 174 valence electrons. The maximum atomic E-state index is 12.0. The Bertz CT molecular complexity index is 1180. The van der Waals surface area contributed by atoms with Gasteiger partial charge in [-0.3, -0.25) is 4.98 Å². The van der Waals surface area contributed by atoms with Gasteiger partial charge in [0.2, 0.25) is 0 Å². The molecule has 5 heterocycles. The highest BCUT2D eigenvalue weighted by Crippen LogP contribution is 2.30. The molecule has 0 aromatic carbocycles. The lowest BCUT2D eigenvalue weighted by Gasteiger charge is -2.26. The zero-order valence-corrected chi connectivity index (χ0v) is 19.8. The third-order valence-electron chi connectivity index (χ3n) is 6.32. The number of anilines is 1. The van der Waals surface area contributed by atoms with Crippen molar-refractivity contribution in [1.29, 1.82) is 0 Å². The van der Waals surface area contributed by atoms with Crippen molar-refractivity contribution in [2.24, 2.45) is 0 Å². The van der Waals surface area contributed by atoms with Crippen LogP contribution in [0.15, 0.2) is 23.2 Å². The van der Waals surface area contributed by atoms with Crippen LogP contribution in [0.2, 0.25) is 0 Å². The van der Waals surface area contributed by atoms with E-state index in [0.29, 0.717) is 5.56 Å². The lowest BCUT2D eigenvalue weighted by molar-refractivity contribution is 0.0600. The molecule has 0 spiro atoms. The molecule has 8 nitrogen and oxygen atoms in total. The van der Waals surface area contributed by atoms with E-state index in [1.165, 1.54) is 45.0 Å². The second-order valence-electron chi connectivity index (χ2n) is 8.71. The first-order valence-electron chi connectivity index (χ1n) is 11.7. The van der Waals surface area contributed by atoms with E-state index >= 15 is 0 Å². The molecule has 1 fully saturated rings. The molecule has 33 heavy (non-hydrogen) atoms. The SMILES string of the molecule is COC(=O)c1cnc2c(c1)[nH]c1nc(CC3=CSCC3)nc(NCCCN3CCCCC3)c12. The van der Waals surface area contributed by atoms with Crippen LogP contribution in [-0.2, 0) is 11.2 Å². The second-order valence-corrected chi connectivity index (χ2v) is 9.68. The van der Waals surface area contributed by atoms with E-state index in [2.05, 4.69) is 25.6 Å². The van der Waals surface area contributed by atoms with Gasteiger partial charge in [0.15, 0.2) is 0 Å². The number of fused-ring (bicyclic) bond motifs is 3. The van der Waals surface area contributed by atoms with E-state index in [1.54, 1.807) is 12.3 Å². The molecule has 1 saturated heterocycles. The van der Waals surface area contributed by atoms with E-state index in [9.17, 15) is 4.79 Å². The number of rotatable bonds is 8. The quantitative estimate of drug-likeness (QED) is 0.378. The zero-order valence-electron chi connectivity index (χ0n) is 19.0. The molecule has 2 aliphatic heterocycles. The predicted molar refractivity (Wildman–Crippen MR) is 133 cm³/mol. The van der Waals surface area contributed by atoms with Gasteiger partial charge in [-0.05, 0) is 56.8 Å². The largest absolute Gasteiger partial charge is 0.465 e. The lowest BCUT2D eigenvalue weighted by atomic mass is 10.1. The van der Waals surface area contributed by atoms with Gasteiger partial charge in [0.05, 0.1) is 23.6 Å². The fraction of sp³-hybridized carbons (Fsp3) is 0.500. The van der Waals surface area contributed by atoms with Crippen molar-refractivity contribution in [2.75, 3.05) is 44.4 Å². The molecular weight excluding hydrogens is 436 g/mol. The van der Waals surface area contributed by atoms with Crippen molar-refractivity contribution in [2.45, 2.75) is 38.5 Å². The average Bonchev–Trinajstić information content (AvgIpc) is 3.48. The number of carbonyl (C=O) groups is 1. The molecule has 0 aliphatic carbocycles. The summed E-state index contributed by atoms with van der Waals surface area (Å²) in [6, 6.07) is 1.77. The average molecular weight is 467 g/mol. The maximum absolute atomic E-state index is 12.0. The highest BCUT2D eigenvalue weighted by Gasteiger charge is 2.18. The Morgan fingerprint density at radius 3 is 2.94 bits per heavy atom. The van der Waals surface area contributed by atoms with Crippen molar-refractivity contribution in [3.8, 4) is 0 Å². The third kappa shape index (κ3) is 4.99. The molecule has 5 rings (SSSR count). The molecule has 0 saturated carbocycles. The summed E-state index contributed by atoms with van der Waals surface area (Å²) in [4.78, 5) is 32.1. The first kappa shape index (κ1) is 22.2. The van der Waals surface area contributed by atoms with Crippen LogP contribution in [0.1, 0.15) is 48.3 Å². The number of H-pyrrole nitrogens is 1. The maximum Gasteiger partial charge on any atom is 0.339 e. The normalized spacial score (nSPS) is 16.9. The number of esters is 1. The Morgan fingerprint density at radius 2 is 2.15 bits per heavy atom. The highest BCUT2D eigenvalue weighted by molar-refractivity contribution is 8.02. The summed E-state index contributed by atoms with van der Waals surface area (Å²) in [7, 11) is 1.37. The number of thioether (sulfide) groups is 1. The second kappa shape index (κ2) is 10.1. The van der Waals surface area contributed by atoms with Crippen LogP contribution in [0, 0.1) is 0 Å². The molecule has 0 radical (unpaired) electrons. The summed E-state index contributed by atoms with van der Waals surface area (Å²) in [5.41, 5.74) is 4.05. The number of methoxy groups -OCH3 is 1. The zero-order chi connectivity index (χ0) is 22.6. The number of piperidine rings is 1. The van der Waals surface area contributed by atoms with Gasteiger partial charge in [0.1, 0.15) is 22.8 Å². The first-order chi connectivity index (χ1) is 16.2. The number of allylic oxidation sites excluding steroid dienone is 1. The molecule has 0 atom stereocenters. The molecule has 0 amide bonds. The van der Waals surface area contributed by atoms with Gasteiger partial charge in [0, 0.05) is 24.9 Å². The molecule has 2 aliphatic rings. The summed E-state index contributed by atoms with van der Waals surface area (Å²) in [5.74, 6) is 2.33. The number of nitrogens with one attached hydrogen (secondary N) is 2. The highest BCUT2D eigenvalue weighted by atomic mass is 32.2. The van der Waals surface area contributed by atoms with Crippen molar-refractivity contribution in [3.63, 3.8) is 0 Å². The Kier molecular flexibility index (Phi) is 6.78. The van der Waals surface area contributed by atoms with Crippen molar-refractivity contribution >= 4 is 45.6 Å². The minimum absolute atomic E-state index is 0.406. The molecule has 3 aromatic heterocycles. The van der Waals surface area contributed by atoms with Crippen LogP contribution in [0.25, 0.3) is 22.1 Å². The Morgan fingerprint density at radius 1 is 1.27 bits per heavy atom. The standard InChI is InChI=1S/C24H30N6O2S/c1-32-24(31)17-13-18-21(26-14-17)20-22(25-7-5-10-30-8-3-2-4-9-30)28-19(29-23(20)27-18)12-16-6-11-33-15-16/h13-15H,2-12H2,1H3,(H2,25,27,28,29). The Balaban J connectivity index is 1.43. The Hall–Kier alpha value is -2.65. The van der Waals surface area contributed by atoms with E-state index in [0.717, 1.165) is 71.8 Å². The van der Waals surface area contributed by atoms with E-state index in [-0.39, 0.29) is 0 Å². The molecular formula is C24H30N6O2S. The van der Waals surface area contributed by atoms with Gasteiger partial charge in [-0.1, -0.05) is 12.0 Å². The summed E-state index contributed by atoms with van der Waals surface area (Å²) in [6.45, 7) is 4.37. The van der Waals surface area contributed by atoms with E-state index in [4.69, 9.17) is 14.7 Å². The number of carbonyl (C=O) groups excluding carboxylic acids is 1. The van der Waals surface area contributed by atoms with Crippen LogP contribution in [0.3, 0.4) is 0 Å². The number of hydrogen-bond acceptors (Lipinski definition) is 8. The number of aromatic nitrogens is 4. The topological polar surface area (TPSA) is 96.0 Å². The van der Waals surface area contributed by atoms with Crippen LogP contribution in [0.5, 0.6) is 0 Å². The van der Waals surface area contributed by atoms with E-state index < -0.39 is 5.97 Å². The smallest absolute Gasteiger partial charge is 0.339 e. The summed E-state index contributed by atoms with van der Waals surface area (Å²) in [5, 5.41) is 6.67. The molecule has 2 N–H and O–H groups in total. The minimum Gasteiger partial charge on any atom is -0.465 e. The lowest BCUT2D eigenvalue weighted by Crippen LogP contribution is -2.31. The van der Waals surface area contributed by atoms with Gasteiger partial charge in [-0.2, -0.15) is 0 Å². The molecule has 0 bridgehead atoms. The third-order valence-corrected chi connectivity index (χ3v) is 7.26. The van der Waals surface area contributed by atoms with Crippen LogP contribution < -0.4 is 5.32 Å². The number of likely N-dealkylation sites (tertiary alicyclic amines) is 1. The van der Waals surface area contributed by atoms with Crippen molar-refractivity contribution < 1.29 is 9.53 Å². The number of nitrogens with zero attached hydrogens (tertiary/aromatic N) is 4. The first-order valence-corrected chi connectivity index (χ1v) is 12.8. The number of aromatic amines is 1. The summed E-state index contributed by atoms with van der Waals surface area (Å²) < 4.78 is 4.85. The molecule has 0 unspecified atom stereocenters. The van der Waals surface area contributed by atoms with Gasteiger partial charge < -0.3 is 19.9 Å². The van der Waals surface area contributed by atoms with Gasteiger partial charge in [-0.15, -0.1) is 11.8 Å². The fourth-order valence-corrected chi connectivity index (χ4v) is 5.53. The number of ether oxygens (including phenoxy) is 1. The predicted octanol–water partition coefficient (Wildman–Crippen LogP) is 4.14. The van der Waals surface area contributed by atoms with Crippen LogP contribution >= 0.6 is 11.8 Å². The summed E-state index contributed by atoms with van der Waals surface area (Å²) >= 11 is 1.85. The fourth-order valence-electron chi connectivity index (χ4n) is 4.60. The van der Waals surface area contributed by atoms with Crippen LogP contribution in [0.4, 0.5) is 5.82 Å². The Labute approximate surface area is 197 Å². The number of hydrogen-bond donors (Lipinski definition) is 2. The minimum atomic E-state index is -0.406. The van der Waals surface area contributed by atoms with E-state index in [1.807, 2.05) is 11.8 Å². The van der Waals surface area contributed by atoms with Crippen LogP contribution in [-0.4, -0.2) is 69.8 Å². The van der Waals surface area contributed by atoms with Crippen molar-refractivity contribution in [1.82, 2.24) is 24.8 Å². The van der Waals surface area contributed by atoms with Crippen molar-refractivity contribution in [3.05, 3.63) is 34.6 Å². The number of pyridine rings is 1. The monoisotopic (exact) mass is 466 g/mol. The molecule has 9 heteroatoms. The van der Waals surface area contributed by atoms with Gasteiger partial charge >= 0.3 is 5.97 Å². The van der Waals surface area contributed by atoms with Gasteiger partial charge in [-0.25, -0.2) is 14.8 Å². The summed E-state index contributed by atoms with van der Waals surface area (Å²) in [6.07, 6.45) is 8.43. The van der Waals surface area contributed by atoms with Gasteiger partial charge in [0.25, 0.3) is 0 Å². The molecule has 3 aromatic rings.